The maximum atomic E-state index is 12.2. The lowest BCUT2D eigenvalue weighted by Gasteiger charge is -2.44. The molecule has 0 aromatic carbocycles. The van der Waals surface area contributed by atoms with E-state index in [0.29, 0.717) is 42.2 Å². The van der Waals surface area contributed by atoms with Gasteiger partial charge in [-0.15, -0.1) is 0 Å². The number of rotatable bonds is 7. The summed E-state index contributed by atoms with van der Waals surface area (Å²) in [6.45, 7) is 7.44. The minimum atomic E-state index is -0.737. The van der Waals surface area contributed by atoms with E-state index in [2.05, 4.69) is 36.1 Å². The predicted octanol–water partition coefficient (Wildman–Crippen LogP) is 4.95. The van der Waals surface area contributed by atoms with Gasteiger partial charge in [0.2, 0.25) is 5.95 Å². The maximum absolute atomic E-state index is 12.2. The Morgan fingerprint density at radius 2 is 1.90 bits per heavy atom. The number of nitrogens with one attached hydrogen (secondary N) is 1. The van der Waals surface area contributed by atoms with Gasteiger partial charge in [0.1, 0.15) is 5.82 Å². The van der Waals surface area contributed by atoms with Crippen molar-refractivity contribution in [2.24, 2.45) is 23.7 Å². The van der Waals surface area contributed by atoms with Crippen LogP contribution in [0.25, 0.3) is 0 Å². The summed E-state index contributed by atoms with van der Waals surface area (Å²) in [5.41, 5.74) is 0. The van der Waals surface area contributed by atoms with E-state index in [1.54, 1.807) is 6.20 Å². The van der Waals surface area contributed by atoms with Gasteiger partial charge < -0.3 is 20.2 Å². The molecule has 1 aromatic heterocycles. The zero-order valence-electron chi connectivity index (χ0n) is 19.9. The van der Waals surface area contributed by atoms with Crippen molar-refractivity contribution in [1.82, 2.24) is 14.9 Å². The molecule has 0 aliphatic heterocycles. The summed E-state index contributed by atoms with van der Waals surface area (Å²) in [6, 6.07) is 2.42. The lowest BCUT2D eigenvalue weighted by Crippen LogP contribution is -2.50. The summed E-state index contributed by atoms with van der Waals surface area (Å²) >= 11 is 0. The third-order valence-corrected chi connectivity index (χ3v) is 7.37. The Hall–Kier alpha value is -2.05. The molecule has 1 amide bonds. The number of nitrogens with zero attached hydrogens (tertiary/aromatic N) is 4. The van der Waals surface area contributed by atoms with Crippen molar-refractivity contribution in [2.45, 2.75) is 77.8 Å². The molecule has 2 aliphatic rings. The van der Waals surface area contributed by atoms with E-state index in [-0.39, 0.29) is 6.04 Å². The fraction of sp³-hybridized carbons (Fsp3) is 0.792. The van der Waals surface area contributed by atoms with E-state index < -0.39 is 6.09 Å². The van der Waals surface area contributed by atoms with Crippen LogP contribution in [0.1, 0.15) is 65.7 Å². The third kappa shape index (κ3) is 6.23. The minimum absolute atomic E-state index is 0.166. The summed E-state index contributed by atoms with van der Waals surface area (Å²) < 4.78 is 0. The van der Waals surface area contributed by atoms with Gasteiger partial charge in [-0.05, 0) is 68.3 Å². The van der Waals surface area contributed by atoms with Gasteiger partial charge in [-0.25, -0.2) is 9.78 Å². The number of hydrogen-bond acceptors (Lipinski definition) is 5. The van der Waals surface area contributed by atoms with Crippen molar-refractivity contribution in [3.05, 3.63) is 12.3 Å². The Kier molecular flexibility index (Phi) is 8.00. The van der Waals surface area contributed by atoms with Crippen LogP contribution < -0.4 is 10.2 Å². The molecule has 3 rings (SSSR count). The third-order valence-electron chi connectivity index (χ3n) is 7.37. The first kappa shape index (κ1) is 23.6. The van der Waals surface area contributed by atoms with Crippen molar-refractivity contribution in [3.63, 3.8) is 0 Å². The highest BCUT2D eigenvalue weighted by atomic mass is 16.4. The van der Waals surface area contributed by atoms with Crippen LogP contribution in [-0.4, -0.2) is 58.8 Å². The summed E-state index contributed by atoms with van der Waals surface area (Å²) in [4.78, 5) is 24.9. The van der Waals surface area contributed by atoms with Crippen LogP contribution >= 0.6 is 0 Å². The predicted molar refractivity (Wildman–Crippen MR) is 126 cm³/mol. The number of anilines is 2. The average molecular weight is 432 g/mol. The number of amides is 1. The van der Waals surface area contributed by atoms with Crippen molar-refractivity contribution < 1.29 is 9.90 Å². The molecule has 1 unspecified atom stereocenters. The molecule has 2 saturated carbocycles. The normalized spacial score (nSPS) is 28.9. The Morgan fingerprint density at radius 3 is 2.52 bits per heavy atom. The molecule has 174 valence electrons. The molecular formula is C24H41N5O2. The molecule has 0 spiro atoms. The first-order valence-electron chi connectivity index (χ1n) is 12.0. The van der Waals surface area contributed by atoms with Gasteiger partial charge in [-0.2, -0.15) is 4.98 Å². The second kappa shape index (κ2) is 10.5. The molecule has 0 radical (unpaired) electrons. The lowest BCUT2D eigenvalue weighted by molar-refractivity contribution is 0.0440. The molecule has 7 heteroatoms. The quantitative estimate of drug-likeness (QED) is 0.635. The summed E-state index contributed by atoms with van der Waals surface area (Å²) in [7, 11) is 3.95. The molecular weight excluding hydrogens is 390 g/mol. The zero-order valence-corrected chi connectivity index (χ0v) is 19.9. The molecule has 0 bridgehead atoms. The van der Waals surface area contributed by atoms with Crippen LogP contribution in [0.3, 0.4) is 0 Å². The first-order chi connectivity index (χ1) is 14.7. The fourth-order valence-corrected chi connectivity index (χ4v) is 5.48. The van der Waals surface area contributed by atoms with E-state index in [1.807, 2.05) is 30.0 Å². The minimum Gasteiger partial charge on any atom is -0.465 e. The lowest BCUT2D eigenvalue weighted by atomic mass is 9.73. The SMILES string of the molecule is CC(C)[C@@H]1CC[C@@H](C)CC1N(C[C@H]1CC[C@@H](Nc2nccc(N(C)C)n2)CC1)C(=O)O. The highest BCUT2D eigenvalue weighted by Crippen LogP contribution is 2.38. The molecule has 0 saturated heterocycles. The molecule has 2 N–H and O–H groups in total. The standard InChI is InChI=1S/C24H41N5O2/c1-16(2)20-11-6-17(3)14-21(20)29(24(30)31)15-18-7-9-19(10-8-18)26-23-25-13-12-22(27-23)28(4)5/h12-13,16-21H,6-11,14-15H2,1-5H3,(H,30,31)(H,25,26,27)/t17-,18-,19+,20+,21?/m1/s1. The Balaban J connectivity index is 1.57. The second-order valence-electron chi connectivity index (χ2n) is 10.3. The second-order valence-corrected chi connectivity index (χ2v) is 10.3. The number of aromatic nitrogens is 2. The van der Waals surface area contributed by atoms with Crippen LogP contribution in [0.4, 0.5) is 16.6 Å². The summed E-state index contributed by atoms with van der Waals surface area (Å²) in [5, 5.41) is 13.5. The average Bonchev–Trinajstić information content (AvgIpc) is 2.72. The van der Waals surface area contributed by atoms with E-state index in [0.717, 1.165) is 44.3 Å². The van der Waals surface area contributed by atoms with E-state index >= 15 is 0 Å². The molecule has 2 aliphatic carbocycles. The maximum Gasteiger partial charge on any atom is 0.407 e. The van der Waals surface area contributed by atoms with Crippen molar-refractivity contribution in [1.29, 1.82) is 0 Å². The van der Waals surface area contributed by atoms with Crippen molar-refractivity contribution in [3.8, 4) is 0 Å². The smallest absolute Gasteiger partial charge is 0.407 e. The molecule has 1 heterocycles. The first-order valence-corrected chi connectivity index (χ1v) is 12.0. The van der Waals surface area contributed by atoms with E-state index in [4.69, 9.17) is 0 Å². The molecule has 3 atom stereocenters. The Labute approximate surface area is 187 Å². The highest BCUT2D eigenvalue weighted by molar-refractivity contribution is 5.65. The van der Waals surface area contributed by atoms with Crippen LogP contribution in [0, 0.1) is 23.7 Å². The van der Waals surface area contributed by atoms with Crippen LogP contribution in [0.5, 0.6) is 0 Å². The van der Waals surface area contributed by atoms with E-state index in [9.17, 15) is 9.90 Å². The van der Waals surface area contributed by atoms with Crippen LogP contribution in [0.2, 0.25) is 0 Å². The van der Waals surface area contributed by atoms with Gasteiger partial charge in [0.05, 0.1) is 0 Å². The van der Waals surface area contributed by atoms with Crippen LogP contribution in [-0.2, 0) is 0 Å². The highest BCUT2D eigenvalue weighted by Gasteiger charge is 2.38. The molecule has 7 nitrogen and oxygen atoms in total. The van der Waals surface area contributed by atoms with Gasteiger partial charge in [0.15, 0.2) is 0 Å². The van der Waals surface area contributed by atoms with Gasteiger partial charge in [0.25, 0.3) is 0 Å². The summed E-state index contributed by atoms with van der Waals surface area (Å²) in [6.07, 6.45) is 8.58. The van der Waals surface area contributed by atoms with Gasteiger partial charge in [0, 0.05) is 38.9 Å². The molecule has 1 aromatic rings. The molecule has 2 fully saturated rings. The number of hydrogen-bond donors (Lipinski definition) is 2. The molecule has 31 heavy (non-hydrogen) atoms. The van der Waals surface area contributed by atoms with Crippen LogP contribution in [0.15, 0.2) is 12.3 Å². The van der Waals surface area contributed by atoms with Gasteiger partial charge >= 0.3 is 6.09 Å². The monoisotopic (exact) mass is 431 g/mol. The number of carboxylic acid groups (broad SMARTS) is 1. The number of carbonyl (C=O) groups is 1. The van der Waals surface area contributed by atoms with Gasteiger partial charge in [-0.3, -0.25) is 0 Å². The van der Waals surface area contributed by atoms with Crippen molar-refractivity contribution >= 4 is 17.9 Å². The Morgan fingerprint density at radius 1 is 1.19 bits per heavy atom. The Bertz CT molecular complexity index is 718. The topological polar surface area (TPSA) is 81.6 Å². The van der Waals surface area contributed by atoms with Crippen molar-refractivity contribution in [2.75, 3.05) is 30.9 Å². The largest absolute Gasteiger partial charge is 0.465 e. The van der Waals surface area contributed by atoms with E-state index in [1.165, 1.54) is 6.42 Å². The summed E-state index contributed by atoms with van der Waals surface area (Å²) in [5.74, 6) is 3.62. The zero-order chi connectivity index (χ0) is 22.5. The van der Waals surface area contributed by atoms with Gasteiger partial charge in [-0.1, -0.05) is 27.2 Å². The fourth-order valence-electron chi connectivity index (χ4n) is 5.48.